The maximum Gasteiger partial charge on any atom is 0.219 e. The van der Waals surface area contributed by atoms with Crippen LogP contribution in [0.2, 0.25) is 0 Å². The normalized spacial score (nSPS) is 19.8. The number of nitrogens with zero attached hydrogens (tertiary/aromatic N) is 2. The molecular formula is C11H23N3O2. The van der Waals surface area contributed by atoms with Gasteiger partial charge in [-0.2, -0.15) is 0 Å². The maximum absolute atomic E-state index is 11.1. The van der Waals surface area contributed by atoms with Gasteiger partial charge in [-0.3, -0.25) is 9.69 Å². The molecular weight excluding hydrogens is 206 g/mol. The molecule has 5 heteroatoms. The molecule has 0 radical (unpaired) electrons. The van der Waals surface area contributed by atoms with E-state index < -0.39 is 0 Å². The van der Waals surface area contributed by atoms with Crippen LogP contribution < -0.4 is 5.73 Å². The van der Waals surface area contributed by atoms with Crippen molar-refractivity contribution < 1.29 is 9.53 Å². The first kappa shape index (κ1) is 13.4. The average Bonchev–Trinajstić information content (AvgIpc) is 2.29. The number of amides is 1. The SMILES string of the molecule is CCOC(CN)CN1CCN(C(C)=O)CC1. The first-order valence-corrected chi connectivity index (χ1v) is 5.97. The summed E-state index contributed by atoms with van der Waals surface area (Å²) in [7, 11) is 0. The molecule has 0 aromatic rings. The molecule has 0 bridgehead atoms. The zero-order valence-corrected chi connectivity index (χ0v) is 10.3. The van der Waals surface area contributed by atoms with Gasteiger partial charge in [0.1, 0.15) is 0 Å². The topological polar surface area (TPSA) is 58.8 Å². The van der Waals surface area contributed by atoms with Gasteiger partial charge in [-0.15, -0.1) is 0 Å². The lowest BCUT2D eigenvalue weighted by molar-refractivity contribution is -0.130. The predicted octanol–water partition coefficient (Wildman–Crippen LogP) is -0.486. The van der Waals surface area contributed by atoms with Crippen molar-refractivity contribution in [3.8, 4) is 0 Å². The Bertz CT molecular complexity index is 215. The van der Waals surface area contributed by atoms with Crippen molar-refractivity contribution in [2.24, 2.45) is 5.73 Å². The molecule has 1 unspecified atom stereocenters. The first-order valence-electron chi connectivity index (χ1n) is 5.97. The van der Waals surface area contributed by atoms with E-state index in [1.807, 2.05) is 11.8 Å². The number of carbonyl (C=O) groups is 1. The Kier molecular flexibility index (Phi) is 5.73. The summed E-state index contributed by atoms with van der Waals surface area (Å²) in [4.78, 5) is 15.3. The molecule has 1 rings (SSSR count). The fraction of sp³-hybridized carbons (Fsp3) is 0.909. The molecule has 1 aliphatic heterocycles. The highest BCUT2D eigenvalue weighted by molar-refractivity contribution is 5.73. The molecule has 16 heavy (non-hydrogen) atoms. The molecule has 0 saturated carbocycles. The van der Waals surface area contributed by atoms with Crippen LogP contribution in [-0.2, 0) is 9.53 Å². The van der Waals surface area contributed by atoms with Crippen molar-refractivity contribution in [3.05, 3.63) is 0 Å². The summed E-state index contributed by atoms with van der Waals surface area (Å²) in [5.41, 5.74) is 5.64. The summed E-state index contributed by atoms with van der Waals surface area (Å²) < 4.78 is 5.52. The second-order valence-corrected chi connectivity index (χ2v) is 4.12. The summed E-state index contributed by atoms with van der Waals surface area (Å²) in [5.74, 6) is 0.167. The van der Waals surface area contributed by atoms with Gasteiger partial charge in [-0.25, -0.2) is 0 Å². The van der Waals surface area contributed by atoms with Crippen molar-refractivity contribution in [2.45, 2.75) is 20.0 Å². The van der Waals surface area contributed by atoms with Gasteiger partial charge in [0.15, 0.2) is 0 Å². The van der Waals surface area contributed by atoms with Gasteiger partial charge >= 0.3 is 0 Å². The predicted molar refractivity (Wildman–Crippen MR) is 63.2 cm³/mol. The molecule has 1 saturated heterocycles. The van der Waals surface area contributed by atoms with Crippen molar-refractivity contribution in [1.82, 2.24) is 9.80 Å². The van der Waals surface area contributed by atoms with Crippen LogP contribution in [0.3, 0.4) is 0 Å². The monoisotopic (exact) mass is 229 g/mol. The second kappa shape index (κ2) is 6.83. The molecule has 1 amide bonds. The van der Waals surface area contributed by atoms with E-state index in [4.69, 9.17) is 10.5 Å². The molecule has 2 N–H and O–H groups in total. The van der Waals surface area contributed by atoms with E-state index in [-0.39, 0.29) is 12.0 Å². The van der Waals surface area contributed by atoms with E-state index in [0.717, 1.165) is 32.7 Å². The third-order valence-electron chi connectivity index (χ3n) is 2.94. The summed E-state index contributed by atoms with van der Waals surface area (Å²) >= 11 is 0. The molecule has 1 heterocycles. The Morgan fingerprint density at radius 3 is 2.44 bits per heavy atom. The van der Waals surface area contributed by atoms with E-state index in [9.17, 15) is 4.79 Å². The number of piperazine rings is 1. The molecule has 0 aromatic heterocycles. The number of rotatable bonds is 5. The Morgan fingerprint density at radius 2 is 2.00 bits per heavy atom. The number of carbonyl (C=O) groups excluding carboxylic acids is 1. The van der Waals surface area contributed by atoms with Crippen LogP contribution in [0, 0.1) is 0 Å². The third kappa shape index (κ3) is 4.08. The molecule has 94 valence electrons. The van der Waals surface area contributed by atoms with Crippen LogP contribution in [0.1, 0.15) is 13.8 Å². The zero-order valence-electron chi connectivity index (χ0n) is 10.3. The van der Waals surface area contributed by atoms with Crippen LogP contribution in [0.25, 0.3) is 0 Å². The Morgan fingerprint density at radius 1 is 1.38 bits per heavy atom. The van der Waals surface area contributed by atoms with Gasteiger partial charge in [-0.1, -0.05) is 0 Å². The fourth-order valence-corrected chi connectivity index (χ4v) is 1.96. The highest BCUT2D eigenvalue weighted by Crippen LogP contribution is 2.04. The molecule has 1 atom stereocenters. The number of nitrogens with two attached hydrogens (primary N) is 1. The summed E-state index contributed by atoms with van der Waals surface area (Å²) in [5, 5.41) is 0. The van der Waals surface area contributed by atoms with Gasteiger partial charge in [0.25, 0.3) is 0 Å². The van der Waals surface area contributed by atoms with Crippen molar-refractivity contribution in [3.63, 3.8) is 0 Å². The molecule has 5 nitrogen and oxygen atoms in total. The molecule has 0 aromatic carbocycles. The van der Waals surface area contributed by atoms with E-state index in [0.29, 0.717) is 13.2 Å². The van der Waals surface area contributed by atoms with Gasteiger partial charge in [-0.05, 0) is 6.92 Å². The van der Waals surface area contributed by atoms with E-state index in [1.54, 1.807) is 6.92 Å². The zero-order chi connectivity index (χ0) is 12.0. The van der Waals surface area contributed by atoms with Gasteiger partial charge in [0, 0.05) is 52.8 Å². The Hall–Kier alpha value is -0.650. The largest absolute Gasteiger partial charge is 0.376 e. The smallest absolute Gasteiger partial charge is 0.219 e. The quantitative estimate of drug-likeness (QED) is 0.691. The van der Waals surface area contributed by atoms with Crippen LogP contribution in [-0.4, -0.2) is 67.7 Å². The highest BCUT2D eigenvalue weighted by atomic mass is 16.5. The molecule has 0 aliphatic carbocycles. The van der Waals surface area contributed by atoms with Gasteiger partial charge in [0.2, 0.25) is 5.91 Å². The second-order valence-electron chi connectivity index (χ2n) is 4.12. The minimum atomic E-state index is 0.119. The van der Waals surface area contributed by atoms with Crippen LogP contribution in [0.4, 0.5) is 0 Å². The first-order chi connectivity index (χ1) is 7.67. The van der Waals surface area contributed by atoms with Crippen LogP contribution in [0.15, 0.2) is 0 Å². The van der Waals surface area contributed by atoms with Gasteiger partial charge in [0.05, 0.1) is 6.10 Å². The van der Waals surface area contributed by atoms with E-state index in [2.05, 4.69) is 4.90 Å². The molecule has 0 spiro atoms. The number of hydrogen-bond acceptors (Lipinski definition) is 4. The third-order valence-corrected chi connectivity index (χ3v) is 2.94. The van der Waals surface area contributed by atoms with Crippen molar-refractivity contribution in [2.75, 3.05) is 45.9 Å². The van der Waals surface area contributed by atoms with Crippen LogP contribution >= 0.6 is 0 Å². The van der Waals surface area contributed by atoms with Crippen LogP contribution in [0.5, 0.6) is 0 Å². The highest BCUT2D eigenvalue weighted by Gasteiger charge is 2.20. The fourth-order valence-electron chi connectivity index (χ4n) is 1.96. The Balaban J connectivity index is 2.28. The minimum absolute atomic E-state index is 0.119. The Labute approximate surface area is 97.5 Å². The summed E-state index contributed by atoms with van der Waals surface area (Å²) in [6.07, 6.45) is 0.119. The molecule has 1 aliphatic rings. The average molecular weight is 229 g/mol. The number of hydrogen-bond donors (Lipinski definition) is 1. The van der Waals surface area contributed by atoms with E-state index >= 15 is 0 Å². The lowest BCUT2D eigenvalue weighted by atomic mass is 10.2. The maximum atomic E-state index is 11.1. The number of ether oxygens (including phenoxy) is 1. The minimum Gasteiger partial charge on any atom is -0.376 e. The lowest BCUT2D eigenvalue weighted by Crippen LogP contribution is -2.51. The standard InChI is InChI=1S/C11H23N3O2/c1-3-16-11(8-12)9-13-4-6-14(7-5-13)10(2)15/h11H,3-9,12H2,1-2H3. The lowest BCUT2D eigenvalue weighted by Gasteiger charge is -2.35. The summed E-state index contributed by atoms with van der Waals surface area (Å²) in [6.45, 7) is 9.21. The molecule has 1 fully saturated rings. The van der Waals surface area contributed by atoms with Crippen molar-refractivity contribution >= 4 is 5.91 Å². The van der Waals surface area contributed by atoms with E-state index in [1.165, 1.54) is 0 Å². The van der Waals surface area contributed by atoms with Gasteiger partial charge < -0.3 is 15.4 Å². The van der Waals surface area contributed by atoms with Crippen molar-refractivity contribution in [1.29, 1.82) is 0 Å². The summed E-state index contributed by atoms with van der Waals surface area (Å²) in [6, 6.07) is 0.